The lowest BCUT2D eigenvalue weighted by molar-refractivity contribution is -0.142. The predicted molar refractivity (Wildman–Crippen MR) is 115 cm³/mol. The van der Waals surface area contributed by atoms with Crippen LogP contribution >= 0.6 is 22.9 Å². The van der Waals surface area contributed by atoms with Gasteiger partial charge in [0.05, 0.1) is 12.0 Å². The predicted octanol–water partition coefficient (Wildman–Crippen LogP) is 4.89. The molecule has 1 saturated heterocycles. The van der Waals surface area contributed by atoms with Crippen molar-refractivity contribution in [2.24, 2.45) is 11.3 Å². The second kappa shape index (κ2) is 8.66. The van der Waals surface area contributed by atoms with Crippen LogP contribution in [-0.4, -0.2) is 29.8 Å². The van der Waals surface area contributed by atoms with E-state index in [4.69, 9.17) is 11.6 Å². The van der Waals surface area contributed by atoms with Gasteiger partial charge in [0.15, 0.2) is 0 Å². The minimum Gasteiger partial charge on any atom is -0.344 e. The summed E-state index contributed by atoms with van der Waals surface area (Å²) in [6, 6.07) is 11.4. The monoisotopic (exact) mass is 418 g/mol. The van der Waals surface area contributed by atoms with Crippen LogP contribution in [0.1, 0.15) is 50.1 Å². The van der Waals surface area contributed by atoms with Gasteiger partial charge < -0.3 is 10.2 Å². The number of hydrogen-bond donors (Lipinski definition) is 1. The van der Waals surface area contributed by atoms with E-state index in [0.29, 0.717) is 11.6 Å². The Morgan fingerprint density at radius 2 is 1.93 bits per heavy atom. The van der Waals surface area contributed by atoms with E-state index in [-0.39, 0.29) is 23.8 Å². The number of likely N-dealkylation sites (tertiary alicyclic amines) is 1. The topological polar surface area (TPSA) is 49.4 Å². The molecule has 1 fully saturated rings. The Morgan fingerprint density at radius 1 is 1.21 bits per heavy atom. The molecule has 1 aliphatic rings. The van der Waals surface area contributed by atoms with Crippen LogP contribution < -0.4 is 5.32 Å². The number of hydrogen-bond acceptors (Lipinski definition) is 3. The molecule has 3 rings (SSSR count). The molecule has 0 aliphatic carbocycles. The standard InChI is InChI=1S/C22H27ClN2O2S/c1-22(2,3)21(27)25-12-4-6-16(14-25)20(26)24-19(18-7-5-13-28-18)15-8-10-17(23)11-9-15/h5,7-11,13,16,19H,4,6,12,14H2,1-3H3,(H,24,26). The zero-order valence-corrected chi connectivity index (χ0v) is 18.1. The zero-order chi connectivity index (χ0) is 20.3. The lowest BCUT2D eigenvalue weighted by Gasteiger charge is -2.36. The molecule has 0 bridgehead atoms. The third-order valence-corrected chi connectivity index (χ3v) is 6.23. The average molecular weight is 419 g/mol. The molecule has 4 nitrogen and oxygen atoms in total. The van der Waals surface area contributed by atoms with Crippen molar-refractivity contribution in [2.45, 2.75) is 39.7 Å². The number of benzene rings is 1. The second-order valence-corrected chi connectivity index (χ2v) is 9.76. The van der Waals surface area contributed by atoms with E-state index in [9.17, 15) is 9.59 Å². The first-order valence-corrected chi connectivity index (χ1v) is 10.9. The fourth-order valence-corrected chi connectivity index (χ4v) is 4.47. The molecule has 2 atom stereocenters. The number of halogens is 1. The summed E-state index contributed by atoms with van der Waals surface area (Å²) in [6.45, 7) is 6.98. The van der Waals surface area contributed by atoms with Gasteiger partial charge in [0.2, 0.25) is 11.8 Å². The van der Waals surface area contributed by atoms with Crippen molar-refractivity contribution < 1.29 is 9.59 Å². The van der Waals surface area contributed by atoms with Crippen LogP contribution in [0.5, 0.6) is 0 Å². The van der Waals surface area contributed by atoms with E-state index >= 15 is 0 Å². The molecule has 0 spiro atoms. The van der Waals surface area contributed by atoms with Crippen LogP contribution in [0, 0.1) is 11.3 Å². The van der Waals surface area contributed by atoms with Crippen molar-refractivity contribution in [3.8, 4) is 0 Å². The first-order valence-electron chi connectivity index (χ1n) is 9.64. The van der Waals surface area contributed by atoms with Crippen molar-refractivity contribution in [1.82, 2.24) is 10.2 Å². The third kappa shape index (κ3) is 4.95. The second-order valence-electron chi connectivity index (χ2n) is 8.35. The third-order valence-electron chi connectivity index (χ3n) is 5.04. The molecule has 0 radical (unpaired) electrons. The smallest absolute Gasteiger partial charge is 0.227 e. The van der Waals surface area contributed by atoms with Crippen LogP contribution in [0.15, 0.2) is 41.8 Å². The fourth-order valence-electron chi connectivity index (χ4n) is 3.54. The van der Waals surface area contributed by atoms with Gasteiger partial charge in [0.25, 0.3) is 0 Å². The molecule has 2 heterocycles. The van der Waals surface area contributed by atoms with Gasteiger partial charge in [-0.3, -0.25) is 9.59 Å². The van der Waals surface area contributed by atoms with Gasteiger partial charge in [0.1, 0.15) is 0 Å². The minimum absolute atomic E-state index is 0.000223. The number of carbonyl (C=O) groups excluding carboxylic acids is 2. The summed E-state index contributed by atoms with van der Waals surface area (Å²) >= 11 is 7.64. The highest BCUT2D eigenvalue weighted by Crippen LogP contribution is 2.29. The molecule has 1 N–H and O–H groups in total. The molecule has 1 aliphatic heterocycles. The summed E-state index contributed by atoms with van der Waals surface area (Å²) in [5, 5.41) is 5.89. The van der Waals surface area contributed by atoms with Gasteiger partial charge in [-0.25, -0.2) is 0 Å². The van der Waals surface area contributed by atoms with Crippen LogP contribution in [0.25, 0.3) is 0 Å². The molecule has 28 heavy (non-hydrogen) atoms. The van der Waals surface area contributed by atoms with E-state index in [0.717, 1.165) is 29.8 Å². The average Bonchev–Trinajstić information content (AvgIpc) is 3.20. The summed E-state index contributed by atoms with van der Waals surface area (Å²) in [6.07, 6.45) is 1.65. The van der Waals surface area contributed by atoms with Gasteiger partial charge in [-0.1, -0.05) is 50.6 Å². The largest absolute Gasteiger partial charge is 0.344 e. The first-order chi connectivity index (χ1) is 13.3. The molecule has 2 unspecified atom stereocenters. The van der Waals surface area contributed by atoms with Gasteiger partial charge in [-0.15, -0.1) is 11.3 Å². The summed E-state index contributed by atoms with van der Waals surface area (Å²) in [7, 11) is 0. The van der Waals surface area contributed by atoms with Gasteiger partial charge in [-0.2, -0.15) is 0 Å². The molecule has 1 aromatic carbocycles. The van der Waals surface area contributed by atoms with E-state index in [1.807, 2.05) is 67.4 Å². The molecule has 2 amide bonds. The zero-order valence-electron chi connectivity index (χ0n) is 16.6. The summed E-state index contributed by atoms with van der Waals surface area (Å²) in [5.74, 6) is -0.0768. The van der Waals surface area contributed by atoms with Crippen LogP contribution in [-0.2, 0) is 9.59 Å². The van der Waals surface area contributed by atoms with Gasteiger partial charge in [0, 0.05) is 28.4 Å². The summed E-state index contributed by atoms with van der Waals surface area (Å²) in [5.41, 5.74) is 0.569. The Labute approximate surface area is 175 Å². The Balaban J connectivity index is 1.75. The van der Waals surface area contributed by atoms with E-state index in [1.165, 1.54) is 0 Å². The number of piperidine rings is 1. The molecule has 0 saturated carbocycles. The maximum atomic E-state index is 13.1. The van der Waals surface area contributed by atoms with Crippen LogP contribution in [0.4, 0.5) is 0 Å². The van der Waals surface area contributed by atoms with E-state index in [2.05, 4.69) is 5.32 Å². The Morgan fingerprint density at radius 3 is 2.54 bits per heavy atom. The lowest BCUT2D eigenvalue weighted by atomic mass is 9.90. The SMILES string of the molecule is CC(C)(C)C(=O)N1CCCC(C(=O)NC(c2ccc(Cl)cc2)c2cccs2)C1. The number of rotatable bonds is 4. The highest BCUT2D eigenvalue weighted by atomic mass is 35.5. The van der Waals surface area contributed by atoms with E-state index < -0.39 is 5.41 Å². The Bertz CT molecular complexity index is 812. The quantitative estimate of drug-likeness (QED) is 0.768. The number of amides is 2. The maximum absolute atomic E-state index is 13.1. The number of nitrogens with one attached hydrogen (secondary N) is 1. The number of thiophene rings is 1. The highest BCUT2D eigenvalue weighted by molar-refractivity contribution is 7.10. The summed E-state index contributed by atoms with van der Waals surface area (Å²) in [4.78, 5) is 28.6. The first kappa shape index (κ1) is 20.9. The Hall–Kier alpha value is -1.85. The summed E-state index contributed by atoms with van der Waals surface area (Å²) < 4.78 is 0. The molecule has 2 aromatic rings. The van der Waals surface area contributed by atoms with E-state index in [1.54, 1.807) is 11.3 Å². The highest BCUT2D eigenvalue weighted by Gasteiger charge is 2.34. The van der Waals surface area contributed by atoms with Crippen molar-refractivity contribution in [3.63, 3.8) is 0 Å². The van der Waals surface area contributed by atoms with Gasteiger partial charge in [-0.05, 0) is 42.0 Å². The lowest BCUT2D eigenvalue weighted by Crippen LogP contribution is -2.49. The fraction of sp³-hybridized carbons (Fsp3) is 0.455. The number of nitrogens with zero attached hydrogens (tertiary/aromatic N) is 1. The van der Waals surface area contributed by atoms with Crippen LogP contribution in [0.3, 0.4) is 0 Å². The van der Waals surface area contributed by atoms with Crippen molar-refractivity contribution >= 4 is 34.8 Å². The van der Waals surface area contributed by atoms with Crippen molar-refractivity contribution in [2.75, 3.05) is 13.1 Å². The normalized spacial score (nSPS) is 18.6. The molecule has 150 valence electrons. The van der Waals surface area contributed by atoms with Crippen molar-refractivity contribution in [1.29, 1.82) is 0 Å². The molecular weight excluding hydrogens is 392 g/mol. The van der Waals surface area contributed by atoms with Crippen molar-refractivity contribution in [3.05, 3.63) is 57.2 Å². The minimum atomic E-state index is -0.429. The number of carbonyl (C=O) groups is 2. The van der Waals surface area contributed by atoms with Crippen LogP contribution in [0.2, 0.25) is 5.02 Å². The maximum Gasteiger partial charge on any atom is 0.227 e. The van der Waals surface area contributed by atoms with Gasteiger partial charge >= 0.3 is 0 Å². The molecular formula is C22H27ClN2O2S. The Kier molecular flexibility index (Phi) is 6.46. The molecule has 1 aromatic heterocycles. The molecule has 6 heteroatoms.